The van der Waals surface area contributed by atoms with E-state index in [-0.39, 0.29) is 0 Å². The summed E-state index contributed by atoms with van der Waals surface area (Å²) in [7, 11) is 0. The summed E-state index contributed by atoms with van der Waals surface area (Å²) >= 11 is 5.10. The van der Waals surface area contributed by atoms with E-state index >= 15 is 0 Å². The third-order valence-electron chi connectivity index (χ3n) is 2.42. The molecule has 3 rings (SSSR count). The predicted octanol–water partition coefficient (Wildman–Crippen LogP) is 5.35. The minimum Gasteiger partial charge on any atom is -0.450 e. The van der Waals surface area contributed by atoms with Crippen LogP contribution in [0.5, 0.6) is 0 Å². The third-order valence-corrected chi connectivity index (χ3v) is 3.82. The molecule has 0 radical (unpaired) electrons. The highest BCUT2D eigenvalue weighted by Gasteiger charge is 2.05. The Bertz CT molecular complexity index is 646. The molecule has 3 heteroatoms. The van der Waals surface area contributed by atoms with Crippen molar-refractivity contribution in [3.05, 3.63) is 59.1 Å². The molecule has 0 aliphatic heterocycles. The molecule has 17 heavy (non-hydrogen) atoms. The zero-order chi connectivity index (χ0) is 11.7. The first-order chi connectivity index (χ1) is 8.31. The van der Waals surface area contributed by atoms with Gasteiger partial charge >= 0.3 is 0 Å². The van der Waals surface area contributed by atoms with Crippen LogP contribution in [0.25, 0.3) is 11.0 Å². The van der Waals surface area contributed by atoms with Gasteiger partial charge in [0.25, 0.3) is 0 Å². The summed E-state index contributed by atoms with van der Waals surface area (Å²) in [5, 5.41) is 2.04. The lowest BCUT2D eigenvalue weighted by molar-refractivity contribution is 0.515. The van der Waals surface area contributed by atoms with Crippen LogP contribution < -0.4 is 0 Å². The number of fused-ring (bicyclic) bond motifs is 1. The van der Waals surface area contributed by atoms with Gasteiger partial charge in [-0.1, -0.05) is 45.9 Å². The van der Waals surface area contributed by atoms with Crippen LogP contribution in [0.15, 0.2) is 73.5 Å². The van der Waals surface area contributed by atoms with Gasteiger partial charge in [0, 0.05) is 14.8 Å². The van der Waals surface area contributed by atoms with Gasteiger partial charge in [-0.05, 0) is 36.4 Å². The van der Waals surface area contributed by atoms with E-state index in [1.165, 1.54) is 4.90 Å². The molecule has 0 amide bonds. The highest BCUT2D eigenvalue weighted by atomic mass is 79.9. The SMILES string of the molecule is Brc1ccc2oc(Sc3ccccc3)cc2c1. The Morgan fingerprint density at radius 2 is 1.76 bits per heavy atom. The molecule has 0 bridgehead atoms. The van der Waals surface area contributed by atoms with Gasteiger partial charge in [0.1, 0.15) is 5.58 Å². The van der Waals surface area contributed by atoms with Crippen LogP contribution >= 0.6 is 27.7 Å². The summed E-state index contributed by atoms with van der Waals surface area (Å²) in [4.78, 5) is 1.19. The Labute approximate surface area is 112 Å². The van der Waals surface area contributed by atoms with Crippen molar-refractivity contribution in [3.8, 4) is 0 Å². The van der Waals surface area contributed by atoms with Crippen molar-refractivity contribution >= 4 is 38.7 Å². The predicted molar refractivity (Wildman–Crippen MR) is 74.5 cm³/mol. The Morgan fingerprint density at radius 1 is 0.941 bits per heavy atom. The summed E-state index contributed by atoms with van der Waals surface area (Å²) in [5.41, 5.74) is 0.923. The highest BCUT2D eigenvalue weighted by Crippen LogP contribution is 2.33. The third kappa shape index (κ3) is 2.40. The first-order valence-corrected chi connectivity index (χ1v) is 6.84. The van der Waals surface area contributed by atoms with E-state index in [9.17, 15) is 0 Å². The molecule has 84 valence electrons. The molecule has 0 fully saturated rings. The van der Waals surface area contributed by atoms with Gasteiger partial charge in [0.05, 0.1) is 0 Å². The second-order valence-corrected chi connectivity index (χ2v) is 5.66. The summed E-state index contributed by atoms with van der Waals surface area (Å²) in [6, 6.07) is 18.3. The second-order valence-electron chi connectivity index (χ2n) is 3.66. The van der Waals surface area contributed by atoms with E-state index in [0.29, 0.717) is 0 Å². The number of hydrogen-bond donors (Lipinski definition) is 0. The quantitative estimate of drug-likeness (QED) is 0.633. The molecule has 0 atom stereocenters. The van der Waals surface area contributed by atoms with Crippen LogP contribution in [0.1, 0.15) is 0 Å². The molecule has 3 aromatic rings. The van der Waals surface area contributed by atoms with Crippen molar-refractivity contribution in [2.45, 2.75) is 9.99 Å². The maximum absolute atomic E-state index is 5.77. The van der Waals surface area contributed by atoms with Crippen LogP contribution in [0.4, 0.5) is 0 Å². The van der Waals surface area contributed by atoms with E-state index in [1.807, 2.05) is 30.3 Å². The van der Waals surface area contributed by atoms with E-state index in [2.05, 4.69) is 40.2 Å². The summed E-state index contributed by atoms with van der Waals surface area (Å²) < 4.78 is 6.84. The number of furan rings is 1. The van der Waals surface area contributed by atoms with Gasteiger partial charge in [-0.15, -0.1) is 0 Å². The number of benzene rings is 2. The molecule has 1 nitrogen and oxygen atoms in total. The molecule has 0 aliphatic carbocycles. The van der Waals surface area contributed by atoms with Gasteiger partial charge in [-0.2, -0.15) is 0 Å². The fourth-order valence-electron chi connectivity index (χ4n) is 1.64. The van der Waals surface area contributed by atoms with E-state index in [1.54, 1.807) is 11.8 Å². The van der Waals surface area contributed by atoms with Crippen LogP contribution in [0.2, 0.25) is 0 Å². The monoisotopic (exact) mass is 304 g/mol. The van der Waals surface area contributed by atoms with Gasteiger partial charge in [0.2, 0.25) is 0 Å². The number of halogens is 1. The van der Waals surface area contributed by atoms with E-state index in [0.717, 1.165) is 20.5 Å². The minimum absolute atomic E-state index is 0.921. The fraction of sp³-hybridized carbons (Fsp3) is 0. The summed E-state index contributed by atoms with van der Waals surface area (Å²) in [6.07, 6.45) is 0. The first-order valence-electron chi connectivity index (χ1n) is 5.23. The van der Waals surface area contributed by atoms with Gasteiger partial charge < -0.3 is 4.42 Å². The average molecular weight is 305 g/mol. The summed E-state index contributed by atoms with van der Waals surface area (Å²) in [5.74, 6) is 0. The van der Waals surface area contributed by atoms with Gasteiger partial charge in [-0.3, -0.25) is 0 Å². The number of rotatable bonds is 2. The van der Waals surface area contributed by atoms with Gasteiger partial charge in [0.15, 0.2) is 5.09 Å². The second kappa shape index (κ2) is 4.59. The smallest absolute Gasteiger partial charge is 0.166 e. The standard InChI is InChI=1S/C14H9BrOS/c15-11-6-7-13-10(8-11)9-14(16-13)17-12-4-2-1-3-5-12/h1-9H. The first kappa shape index (κ1) is 10.9. The maximum atomic E-state index is 5.77. The molecule has 0 saturated heterocycles. The van der Waals surface area contributed by atoms with Crippen molar-refractivity contribution in [1.82, 2.24) is 0 Å². The molecule has 1 heterocycles. The maximum Gasteiger partial charge on any atom is 0.166 e. The Morgan fingerprint density at radius 3 is 2.59 bits per heavy atom. The molecule has 2 aromatic carbocycles. The lowest BCUT2D eigenvalue weighted by atomic mass is 10.3. The molecule has 0 saturated carbocycles. The van der Waals surface area contributed by atoms with Crippen LogP contribution in [0, 0.1) is 0 Å². The molecule has 0 aliphatic rings. The Kier molecular flexibility index (Phi) is 2.95. The topological polar surface area (TPSA) is 13.1 Å². The minimum atomic E-state index is 0.921. The largest absolute Gasteiger partial charge is 0.450 e. The highest BCUT2D eigenvalue weighted by molar-refractivity contribution is 9.10. The zero-order valence-corrected chi connectivity index (χ0v) is 11.3. The van der Waals surface area contributed by atoms with Crippen molar-refractivity contribution in [3.63, 3.8) is 0 Å². The number of hydrogen-bond acceptors (Lipinski definition) is 2. The molecule has 0 unspecified atom stereocenters. The average Bonchev–Trinajstić information content (AvgIpc) is 2.71. The van der Waals surface area contributed by atoms with Crippen molar-refractivity contribution in [1.29, 1.82) is 0 Å². The van der Waals surface area contributed by atoms with Gasteiger partial charge in [-0.25, -0.2) is 0 Å². The van der Waals surface area contributed by atoms with Crippen molar-refractivity contribution < 1.29 is 4.42 Å². The van der Waals surface area contributed by atoms with Crippen molar-refractivity contribution in [2.75, 3.05) is 0 Å². The van der Waals surface area contributed by atoms with Crippen LogP contribution in [-0.2, 0) is 0 Å². The molecular formula is C14H9BrOS. The molecule has 0 N–H and O–H groups in total. The Hall–Kier alpha value is -1.19. The lowest BCUT2D eigenvalue weighted by Gasteiger charge is -1.95. The fourth-order valence-corrected chi connectivity index (χ4v) is 2.87. The van der Waals surface area contributed by atoms with Crippen molar-refractivity contribution in [2.24, 2.45) is 0 Å². The molecular weight excluding hydrogens is 296 g/mol. The molecule has 1 aromatic heterocycles. The van der Waals surface area contributed by atoms with E-state index in [4.69, 9.17) is 4.42 Å². The van der Waals surface area contributed by atoms with Crippen LogP contribution in [-0.4, -0.2) is 0 Å². The Balaban J connectivity index is 1.96. The lowest BCUT2D eigenvalue weighted by Crippen LogP contribution is -1.67. The summed E-state index contributed by atoms with van der Waals surface area (Å²) in [6.45, 7) is 0. The van der Waals surface area contributed by atoms with Crippen LogP contribution in [0.3, 0.4) is 0 Å². The zero-order valence-electron chi connectivity index (χ0n) is 8.89. The van der Waals surface area contributed by atoms with E-state index < -0.39 is 0 Å². The normalized spacial score (nSPS) is 10.9. The molecule has 0 spiro atoms.